The van der Waals surface area contributed by atoms with Gasteiger partial charge < -0.3 is 10.4 Å². The molecule has 0 fully saturated rings. The highest BCUT2D eigenvalue weighted by molar-refractivity contribution is 7.91. The molecular formula is C15H18FNO3S. The van der Waals surface area contributed by atoms with Gasteiger partial charge in [0, 0.05) is 24.6 Å². The van der Waals surface area contributed by atoms with Crippen molar-refractivity contribution in [2.24, 2.45) is 5.92 Å². The Morgan fingerprint density at radius 3 is 2.86 bits per heavy atom. The van der Waals surface area contributed by atoms with Crippen molar-refractivity contribution in [3.05, 3.63) is 41.7 Å². The molecule has 1 aromatic rings. The lowest BCUT2D eigenvalue weighted by Crippen LogP contribution is -2.36. The Labute approximate surface area is 123 Å². The molecule has 21 heavy (non-hydrogen) atoms. The van der Waals surface area contributed by atoms with Crippen molar-refractivity contribution in [1.82, 2.24) is 5.32 Å². The lowest BCUT2D eigenvalue weighted by Gasteiger charge is -2.29. The maximum atomic E-state index is 13.9. The Morgan fingerprint density at radius 2 is 2.14 bits per heavy atom. The number of sulfone groups is 1. The van der Waals surface area contributed by atoms with Crippen LogP contribution in [0.15, 0.2) is 35.2 Å². The van der Waals surface area contributed by atoms with E-state index >= 15 is 0 Å². The molecule has 3 rings (SSSR count). The molecule has 0 saturated heterocycles. The van der Waals surface area contributed by atoms with Crippen molar-refractivity contribution in [1.29, 1.82) is 0 Å². The van der Waals surface area contributed by atoms with E-state index in [4.69, 9.17) is 5.11 Å². The number of hydrogen-bond acceptors (Lipinski definition) is 4. The van der Waals surface area contributed by atoms with Gasteiger partial charge in [0.2, 0.25) is 0 Å². The predicted molar refractivity (Wildman–Crippen MR) is 77.1 cm³/mol. The van der Waals surface area contributed by atoms with Crippen LogP contribution in [-0.4, -0.2) is 31.9 Å². The summed E-state index contributed by atoms with van der Waals surface area (Å²) in [5, 5.41) is 12.5. The van der Waals surface area contributed by atoms with E-state index in [9.17, 15) is 12.8 Å². The normalized spacial score (nSPS) is 30.3. The molecule has 3 atom stereocenters. The molecule has 4 nitrogen and oxygen atoms in total. The number of nitrogens with one attached hydrogen (secondary N) is 1. The average Bonchev–Trinajstić information content (AvgIpc) is 2.89. The fourth-order valence-corrected chi connectivity index (χ4v) is 4.81. The molecular weight excluding hydrogens is 293 g/mol. The summed E-state index contributed by atoms with van der Waals surface area (Å²) in [5.74, 6) is -0.575. The molecule has 0 saturated carbocycles. The highest BCUT2D eigenvalue weighted by atomic mass is 32.2. The number of rotatable bonds is 3. The van der Waals surface area contributed by atoms with E-state index in [1.54, 1.807) is 12.1 Å². The summed E-state index contributed by atoms with van der Waals surface area (Å²) >= 11 is 0. The van der Waals surface area contributed by atoms with Crippen LogP contribution in [0.5, 0.6) is 0 Å². The van der Waals surface area contributed by atoms with Crippen LogP contribution in [0.3, 0.4) is 0 Å². The van der Waals surface area contributed by atoms with Crippen molar-refractivity contribution in [2.75, 3.05) is 12.4 Å². The molecule has 0 spiro atoms. The first-order valence-corrected chi connectivity index (χ1v) is 8.73. The minimum atomic E-state index is -3.53. The van der Waals surface area contributed by atoms with E-state index in [1.807, 2.05) is 12.2 Å². The summed E-state index contributed by atoms with van der Waals surface area (Å²) in [6.07, 6.45) is 5.17. The Kier molecular flexibility index (Phi) is 3.86. The zero-order valence-electron chi connectivity index (χ0n) is 11.5. The van der Waals surface area contributed by atoms with Gasteiger partial charge in [-0.05, 0) is 24.5 Å². The Hall–Kier alpha value is -1.24. The van der Waals surface area contributed by atoms with E-state index < -0.39 is 15.7 Å². The maximum Gasteiger partial charge on any atom is 0.181 e. The third kappa shape index (κ3) is 2.75. The lowest BCUT2D eigenvalue weighted by molar-refractivity contribution is 0.244. The van der Waals surface area contributed by atoms with Crippen LogP contribution in [-0.2, 0) is 9.84 Å². The zero-order chi connectivity index (χ0) is 15.0. The van der Waals surface area contributed by atoms with Crippen LogP contribution < -0.4 is 5.32 Å². The number of aliphatic hydroxyl groups is 1. The maximum absolute atomic E-state index is 13.9. The van der Waals surface area contributed by atoms with Crippen LogP contribution in [0.25, 0.3) is 0 Å². The van der Waals surface area contributed by atoms with Gasteiger partial charge >= 0.3 is 0 Å². The summed E-state index contributed by atoms with van der Waals surface area (Å²) in [5.41, 5.74) is 0.516. The minimum Gasteiger partial charge on any atom is -0.396 e. The number of fused-ring (bicyclic) bond motifs is 1. The largest absolute Gasteiger partial charge is 0.396 e. The van der Waals surface area contributed by atoms with E-state index in [0.717, 1.165) is 6.42 Å². The molecule has 0 radical (unpaired) electrons. The molecule has 2 N–H and O–H groups in total. The molecule has 0 amide bonds. The van der Waals surface area contributed by atoms with E-state index in [-0.39, 0.29) is 35.3 Å². The molecule has 1 heterocycles. The third-order valence-electron chi connectivity index (χ3n) is 4.18. The average molecular weight is 311 g/mol. The van der Waals surface area contributed by atoms with Crippen molar-refractivity contribution in [3.63, 3.8) is 0 Å². The summed E-state index contributed by atoms with van der Waals surface area (Å²) in [4.78, 5) is -0.158. The SMILES string of the molecule is O=S1(=O)CCC(N[C@@H]2C=C[C@H](CO)C2)c2cccc(F)c21. The molecule has 1 unspecified atom stereocenters. The molecule has 1 aromatic carbocycles. The third-order valence-corrected chi connectivity index (χ3v) is 6.01. The summed E-state index contributed by atoms with van der Waals surface area (Å²) in [6.45, 7) is 0.110. The van der Waals surface area contributed by atoms with E-state index in [0.29, 0.717) is 12.0 Å². The van der Waals surface area contributed by atoms with Gasteiger partial charge in [0.25, 0.3) is 0 Å². The van der Waals surface area contributed by atoms with Crippen LogP contribution >= 0.6 is 0 Å². The fourth-order valence-electron chi connectivity index (χ4n) is 3.12. The van der Waals surface area contributed by atoms with Crippen molar-refractivity contribution >= 4 is 9.84 Å². The Morgan fingerprint density at radius 1 is 1.33 bits per heavy atom. The lowest BCUT2D eigenvalue weighted by atomic mass is 10.0. The number of benzene rings is 1. The number of hydrogen-bond donors (Lipinski definition) is 2. The molecule has 114 valence electrons. The zero-order valence-corrected chi connectivity index (χ0v) is 12.3. The Bertz CT molecular complexity index is 671. The van der Waals surface area contributed by atoms with Gasteiger partial charge in [-0.3, -0.25) is 0 Å². The molecule has 6 heteroatoms. The molecule has 2 aliphatic rings. The van der Waals surface area contributed by atoms with Crippen molar-refractivity contribution in [3.8, 4) is 0 Å². The van der Waals surface area contributed by atoms with Gasteiger partial charge in [-0.1, -0.05) is 24.3 Å². The smallest absolute Gasteiger partial charge is 0.181 e. The van der Waals surface area contributed by atoms with Crippen LogP contribution in [0.4, 0.5) is 4.39 Å². The highest BCUT2D eigenvalue weighted by Gasteiger charge is 2.34. The highest BCUT2D eigenvalue weighted by Crippen LogP contribution is 2.35. The summed E-state index contributed by atoms with van der Waals surface area (Å²) in [6, 6.07) is 4.32. The molecule has 1 aliphatic heterocycles. The van der Waals surface area contributed by atoms with Crippen molar-refractivity contribution < 1.29 is 17.9 Å². The molecule has 1 aliphatic carbocycles. The number of aliphatic hydroxyl groups excluding tert-OH is 1. The second-order valence-electron chi connectivity index (χ2n) is 5.65. The van der Waals surface area contributed by atoms with Gasteiger partial charge in [-0.2, -0.15) is 0 Å². The van der Waals surface area contributed by atoms with Crippen LogP contribution in [0.1, 0.15) is 24.4 Å². The summed E-state index contributed by atoms with van der Waals surface area (Å²) in [7, 11) is -3.53. The first-order valence-electron chi connectivity index (χ1n) is 7.07. The Balaban J connectivity index is 1.87. The minimum absolute atomic E-state index is 0.0432. The topological polar surface area (TPSA) is 66.4 Å². The number of halogens is 1. The summed E-state index contributed by atoms with van der Waals surface area (Å²) < 4.78 is 38.0. The predicted octanol–water partition coefficient (Wildman–Crippen LogP) is 1.57. The standard InChI is InChI=1S/C15H18FNO3S/c16-13-3-1-2-12-14(6-7-21(19,20)15(12)13)17-11-5-4-10(8-11)9-18/h1-5,10-11,14,17-18H,6-9H2/t10-,11+,14?/m0/s1. The monoisotopic (exact) mass is 311 g/mol. The molecule has 0 aromatic heterocycles. The van der Waals surface area contributed by atoms with Gasteiger partial charge in [-0.25, -0.2) is 12.8 Å². The molecule has 0 bridgehead atoms. The quantitative estimate of drug-likeness (QED) is 0.832. The van der Waals surface area contributed by atoms with Gasteiger partial charge in [-0.15, -0.1) is 0 Å². The van der Waals surface area contributed by atoms with Gasteiger partial charge in [0.15, 0.2) is 9.84 Å². The first-order chi connectivity index (χ1) is 10.0. The van der Waals surface area contributed by atoms with Gasteiger partial charge in [0.1, 0.15) is 10.7 Å². The second-order valence-corrected chi connectivity index (χ2v) is 7.70. The van der Waals surface area contributed by atoms with E-state index in [1.165, 1.54) is 6.07 Å². The van der Waals surface area contributed by atoms with Crippen LogP contribution in [0.2, 0.25) is 0 Å². The van der Waals surface area contributed by atoms with Crippen molar-refractivity contribution in [2.45, 2.75) is 29.8 Å². The fraction of sp³-hybridized carbons (Fsp3) is 0.467. The van der Waals surface area contributed by atoms with E-state index in [2.05, 4.69) is 5.32 Å². The first kappa shape index (κ1) is 14.7. The van der Waals surface area contributed by atoms with Gasteiger partial charge in [0.05, 0.1) is 5.75 Å². The second kappa shape index (κ2) is 5.51. The van der Waals surface area contributed by atoms with Crippen LogP contribution in [0, 0.1) is 11.7 Å².